The number of carbonyl (C=O) groups is 1. The fraction of sp³-hybridized carbons (Fsp3) is 0.533. The van der Waals surface area contributed by atoms with Crippen molar-refractivity contribution in [3.8, 4) is 0 Å². The molecule has 0 aliphatic carbocycles. The Balaban J connectivity index is 2.19. The van der Waals surface area contributed by atoms with Gasteiger partial charge in [0.05, 0.1) is 11.7 Å². The molecule has 0 saturated carbocycles. The van der Waals surface area contributed by atoms with Crippen LogP contribution in [-0.2, 0) is 11.3 Å². The van der Waals surface area contributed by atoms with Gasteiger partial charge in [-0.25, -0.2) is 0 Å². The second-order valence-corrected chi connectivity index (χ2v) is 5.84. The van der Waals surface area contributed by atoms with Gasteiger partial charge in [-0.15, -0.1) is 0 Å². The van der Waals surface area contributed by atoms with E-state index in [1.165, 1.54) is 5.56 Å². The van der Waals surface area contributed by atoms with Gasteiger partial charge < -0.3 is 4.90 Å². The zero-order valence-corrected chi connectivity index (χ0v) is 11.6. The van der Waals surface area contributed by atoms with Gasteiger partial charge in [-0.3, -0.25) is 10.1 Å². The predicted octanol–water partition coefficient (Wildman–Crippen LogP) is 2.38. The number of hydrogen-bond donors (Lipinski definition) is 1. The molecule has 1 atom stereocenters. The highest BCUT2D eigenvalue weighted by Crippen LogP contribution is 2.26. The maximum absolute atomic E-state index is 12.4. The van der Waals surface area contributed by atoms with Crippen molar-refractivity contribution >= 4 is 5.91 Å². The Bertz CT molecular complexity index is 425. The lowest BCUT2D eigenvalue weighted by molar-refractivity contribution is -0.132. The molecule has 1 heterocycles. The Morgan fingerprint density at radius 1 is 1.28 bits per heavy atom. The van der Waals surface area contributed by atoms with Crippen LogP contribution in [0.3, 0.4) is 0 Å². The minimum atomic E-state index is -0.276. The Kier molecular flexibility index (Phi) is 3.44. The molecule has 1 saturated heterocycles. The summed E-state index contributed by atoms with van der Waals surface area (Å²) in [6, 6.07) is 10.1. The summed E-state index contributed by atoms with van der Waals surface area (Å²) in [4.78, 5) is 14.4. The number of rotatable bonds is 3. The molecule has 0 unspecified atom stereocenters. The molecule has 98 valence electrons. The molecule has 1 aromatic carbocycles. The van der Waals surface area contributed by atoms with Crippen LogP contribution in [0.1, 0.15) is 33.3 Å². The highest BCUT2D eigenvalue weighted by atomic mass is 16.2. The van der Waals surface area contributed by atoms with Gasteiger partial charge in [0.15, 0.2) is 0 Å². The van der Waals surface area contributed by atoms with E-state index in [9.17, 15) is 4.79 Å². The average Bonchev–Trinajstić information content (AvgIpc) is 2.54. The zero-order chi connectivity index (χ0) is 13.3. The fourth-order valence-electron chi connectivity index (χ4n) is 2.46. The smallest absolute Gasteiger partial charge is 0.241 e. The second kappa shape index (κ2) is 4.73. The first-order valence-corrected chi connectivity index (χ1v) is 6.55. The molecule has 1 fully saturated rings. The van der Waals surface area contributed by atoms with E-state index < -0.39 is 0 Å². The summed E-state index contributed by atoms with van der Waals surface area (Å²) in [6.07, 6.45) is 0. The Morgan fingerprint density at radius 3 is 2.39 bits per heavy atom. The monoisotopic (exact) mass is 246 g/mol. The summed E-state index contributed by atoms with van der Waals surface area (Å²) >= 11 is 0. The van der Waals surface area contributed by atoms with Crippen LogP contribution < -0.4 is 5.32 Å². The third kappa shape index (κ3) is 2.41. The number of nitrogens with one attached hydrogen (secondary N) is 1. The highest BCUT2D eigenvalue weighted by molar-refractivity contribution is 5.85. The maximum Gasteiger partial charge on any atom is 0.241 e. The van der Waals surface area contributed by atoms with Gasteiger partial charge in [-0.05, 0) is 25.3 Å². The van der Waals surface area contributed by atoms with Crippen LogP contribution in [0.2, 0.25) is 0 Å². The standard InChI is InChI=1S/C15H22N2O/c1-11(2)13-14(18)17(15(3,4)16-13)10-12-8-6-5-7-9-12/h5-9,11,13,16H,10H2,1-4H3/t13-/m0/s1. The Morgan fingerprint density at radius 2 is 1.89 bits per heavy atom. The summed E-state index contributed by atoms with van der Waals surface area (Å²) in [7, 11) is 0. The minimum Gasteiger partial charge on any atom is -0.319 e. The lowest BCUT2D eigenvalue weighted by Crippen LogP contribution is -2.47. The summed E-state index contributed by atoms with van der Waals surface area (Å²) in [5.41, 5.74) is 0.895. The lowest BCUT2D eigenvalue weighted by atomic mass is 10.0. The molecule has 0 radical (unpaired) electrons. The molecule has 0 bridgehead atoms. The largest absolute Gasteiger partial charge is 0.319 e. The van der Waals surface area contributed by atoms with Gasteiger partial charge in [0.25, 0.3) is 0 Å². The maximum atomic E-state index is 12.4. The first kappa shape index (κ1) is 13.1. The number of carbonyl (C=O) groups excluding carboxylic acids is 1. The van der Waals surface area contributed by atoms with E-state index in [2.05, 4.69) is 45.1 Å². The van der Waals surface area contributed by atoms with Crippen molar-refractivity contribution in [1.82, 2.24) is 10.2 Å². The van der Waals surface area contributed by atoms with Gasteiger partial charge >= 0.3 is 0 Å². The summed E-state index contributed by atoms with van der Waals surface area (Å²) in [6.45, 7) is 8.96. The van der Waals surface area contributed by atoms with E-state index in [4.69, 9.17) is 0 Å². The molecule has 1 aliphatic heterocycles. The fourth-order valence-corrected chi connectivity index (χ4v) is 2.46. The van der Waals surface area contributed by atoms with Crippen LogP contribution >= 0.6 is 0 Å². The number of nitrogens with zero attached hydrogens (tertiary/aromatic N) is 1. The van der Waals surface area contributed by atoms with Crippen molar-refractivity contribution in [3.63, 3.8) is 0 Å². The van der Waals surface area contributed by atoms with Crippen LogP contribution in [0.5, 0.6) is 0 Å². The third-order valence-corrected chi connectivity index (χ3v) is 3.57. The van der Waals surface area contributed by atoms with Crippen LogP contribution in [0.25, 0.3) is 0 Å². The Hall–Kier alpha value is -1.35. The van der Waals surface area contributed by atoms with Crippen LogP contribution in [-0.4, -0.2) is 22.5 Å². The molecule has 0 spiro atoms. The predicted molar refractivity (Wildman–Crippen MR) is 72.8 cm³/mol. The van der Waals surface area contributed by atoms with E-state index in [0.29, 0.717) is 12.5 Å². The summed E-state index contributed by atoms with van der Waals surface area (Å²) in [5.74, 6) is 0.524. The topological polar surface area (TPSA) is 32.3 Å². The first-order chi connectivity index (χ1) is 8.42. The number of benzene rings is 1. The third-order valence-electron chi connectivity index (χ3n) is 3.57. The summed E-state index contributed by atoms with van der Waals surface area (Å²) in [5, 5.41) is 3.43. The van der Waals surface area contributed by atoms with Crippen molar-refractivity contribution < 1.29 is 4.79 Å². The molecule has 1 N–H and O–H groups in total. The van der Waals surface area contributed by atoms with E-state index in [-0.39, 0.29) is 17.6 Å². The van der Waals surface area contributed by atoms with E-state index in [1.54, 1.807) is 0 Å². The zero-order valence-electron chi connectivity index (χ0n) is 11.6. The number of amides is 1. The first-order valence-electron chi connectivity index (χ1n) is 6.55. The van der Waals surface area contributed by atoms with Crippen molar-refractivity contribution in [3.05, 3.63) is 35.9 Å². The molecule has 3 nitrogen and oxygen atoms in total. The quantitative estimate of drug-likeness (QED) is 0.888. The second-order valence-electron chi connectivity index (χ2n) is 5.84. The number of hydrogen-bond acceptors (Lipinski definition) is 2. The molecular weight excluding hydrogens is 224 g/mol. The molecule has 1 aromatic rings. The van der Waals surface area contributed by atoms with Gasteiger partial charge in [-0.2, -0.15) is 0 Å². The van der Waals surface area contributed by atoms with Crippen molar-refractivity contribution in [1.29, 1.82) is 0 Å². The van der Waals surface area contributed by atoms with Crippen LogP contribution in [0.4, 0.5) is 0 Å². The molecule has 3 heteroatoms. The van der Waals surface area contributed by atoms with E-state index >= 15 is 0 Å². The van der Waals surface area contributed by atoms with Crippen molar-refractivity contribution in [2.75, 3.05) is 0 Å². The molecule has 18 heavy (non-hydrogen) atoms. The Labute approximate surface area is 109 Å². The van der Waals surface area contributed by atoms with Gasteiger partial charge in [-0.1, -0.05) is 44.2 Å². The molecule has 2 rings (SSSR count). The van der Waals surface area contributed by atoms with Gasteiger partial charge in [0, 0.05) is 6.54 Å². The molecule has 1 amide bonds. The van der Waals surface area contributed by atoms with E-state index in [0.717, 1.165) is 0 Å². The van der Waals surface area contributed by atoms with E-state index in [1.807, 2.05) is 23.1 Å². The molecular formula is C15H22N2O. The van der Waals surface area contributed by atoms with Gasteiger partial charge in [0.1, 0.15) is 0 Å². The minimum absolute atomic E-state index is 0.0660. The highest BCUT2D eigenvalue weighted by Gasteiger charge is 2.44. The SMILES string of the molecule is CC(C)[C@@H]1NC(C)(C)N(Cc2ccccc2)C1=O. The summed E-state index contributed by atoms with van der Waals surface area (Å²) < 4.78 is 0. The van der Waals surface area contributed by atoms with Crippen molar-refractivity contribution in [2.24, 2.45) is 5.92 Å². The normalized spacial score (nSPS) is 22.8. The lowest BCUT2D eigenvalue weighted by Gasteiger charge is -2.31. The van der Waals surface area contributed by atoms with Crippen LogP contribution in [0, 0.1) is 5.92 Å². The van der Waals surface area contributed by atoms with Gasteiger partial charge in [0.2, 0.25) is 5.91 Å². The van der Waals surface area contributed by atoms with Crippen LogP contribution in [0.15, 0.2) is 30.3 Å². The molecule has 1 aliphatic rings. The van der Waals surface area contributed by atoms with Crippen molar-refractivity contribution in [2.45, 2.75) is 45.9 Å². The molecule has 0 aromatic heterocycles. The average molecular weight is 246 g/mol.